The van der Waals surface area contributed by atoms with Gasteiger partial charge in [-0.3, -0.25) is 9.59 Å². The van der Waals surface area contributed by atoms with E-state index in [-0.39, 0.29) is 30.3 Å². The third kappa shape index (κ3) is 4.37. The van der Waals surface area contributed by atoms with Crippen molar-refractivity contribution in [2.75, 3.05) is 12.5 Å². The number of benzene rings is 1. The molecule has 7 nitrogen and oxygen atoms in total. The van der Waals surface area contributed by atoms with Crippen molar-refractivity contribution in [1.82, 2.24) is 15.3 Å². The Bertz CT molecular complexity index is 975. The average molecular weight is 413 g/mol. The van der Waals surface area contributed by atoms with Gasteiger partial charge in [0.1, 0.15) is 10.9 Å². The summed E-state index contributed by atoms with van der Waals surface area (Å²) < 4.78 is 10.7. The maximum absolute atomic E-state index is 12.5. The highest BCUT2D eigenvalue weighted by molar-refractivity contribution is 8.00. The summed E-state index contributed by atoms with van der Waals surface area (Å²) in [6.07, 6.45) is 2.16. The number of fused-ring (bicyclic) bond motifs is 1. The Morgan fingerprint density at radius 1 is 1.24 bits per heavy atom. The van der Waals surface area contributed by atoms with Gasteiger partial charge in [-0.2, -0.15) is 0 Å². The maximum Gasteiger partial charge on any atom is 0.231 e. The Hall–Kier alpha value is -2.61. The van der Waals surface area contributed by atoms with Crippen LogP contribution < -0.4 is 14.8 Å². The van der Waals surface area contributed by atoms with Gasteiger partial charge in [-0.1, -0.05) is 17.8 Å². The van der Waals surface area contributed by atoms with Gasteiger partial charge in [0.15, 0.2) is 17.3 Å². The molecule has 1 amide bonds. The minimum absolute atomic E-state index is 0.0820. The fourth-order valence-electron chi connectivity index (χ4n) is 3.28. The van der Waals surface area contributed by atoms with Crippen LogP contribution in [0.15, 0.2) is 23.2 Å². The summed E-state index contributed by atoms with van der Waals surface area (Å²) in [5.41, 5.74) is 2.13. The predicted molar refractivity (Wildman–Crippen MR) is 109 cm³/mol. The molecule has 1 aliphatic heterocycles. The van der Waals surface area contributed by atoms with Gasteiger partial charge in [-0.25, -0.2) is 9.97 Å². The second-order valence-electron chi connectivity index (χ2n) is 7.37. The van der Waals surface area contributed by atoms with E-state index < -0.39 is 0 Å². The van der Waals surface area contributed by atoms with Crippen LogP contribution >= 0.6 is 11.8 Å². The molecular weight excluding hydrogens is 390 g/mol. The molecule has 1 atom stereocenters. The second kappa shape index (κ2) is 8.02. The molecule has 2 aromatic rings. The quantitative estimate of drug-likeness (QED) is 0.422. The number of ether oxygens (including phenoxy) is 2. The number of Topliss-reactive ketones (excluding diaryl/α,β-unsaturated/α-hetero) is 1. The minimum atomic E-state index is -0.181. The van der Waals surface area contributed by atoms with Crippen molar-refractivity contribution in [3.63, 3.8) is 0 Å². The molecule has 1 unspecified atom stereocenters. The predicted octanol–water partition coefficient (Wildman–Crippen LogP) is 3.56. The number of carbonyl (C=O) groups excluding carboxylic acids is 2. The highest BCUT2D eigenvalue weighted by Gasteiger charge is 2.29. The first-order chi connectivity index (χ1) is 13.9. The van der Waals surface area contributed by atoms with E-state index in [1.165, 1.54) is 18.7 Å². The average Bonchev–Trinajstić information content (AvgIpc) is 3.42. The molecule has 29 heavy (non-hydrogen) atoms. The zero-order valence-electron chi connectivity index (χ0n) is 16.7. The van der Waals surface area contributed by atoms with Gasteiger partial charge in [0.25, 0.3) is 0 Å². The van der Waals surface area contributed by atoms with Crippen molar-refractivity contribution in [1.29, 1.82) is 0 Å². The van der Waals surface area contributed by atoms with Crippen LogP contribution in [-0.4, -0.2) is 34.2 Å². The first-order valence-corrected chi connectivity index (χ1v) is 10.6. The molecule has 1 aliphatic carbocycles. The van der Waals surface area contributed by atoms with Gasteiger partial charge in [0.2, 0.25) is 12.7 Å². The molecule has 0 bridgehead atoms. The maximum atomic E-state index is 12.5. The molecule has 0 spiro atoms. The lowest BCUT2D eigenvalue weighted by atomic mass is 10.1. The van der Waals surface area contributed by atoms with Gasteiger partial charge in [-0.05, 0) is 51.3 Å². The summed E-state index contributed by atoms with van der Waals surface area (Å²) in [7, 11) is 0. The van der Waals surface area contributed by atoms with Crippen molar-refractivity contribution in [2.45, 2.75) is 50.6 Å². The molecule has 1 saturated carbocycles. The van der Waals surface area contributed by atoms with Gasteiger partial charge >= 0.3 is 0 Å². The topological polar surface area (TPSA) is 90.4 Å². The van der Waals surface area contributed by atoms with Crippen LogP contribution in [0.25, 0.3) is 0 Å². The van der Waals surface area contributed by atoms with Crippen LogP contribution in [0.1, 0.15) is 66.1 Å². The lowest BCUT2D eigenvalue weighted by Crippen LogP contribution is -2.28. The normalized spacial score (nSPS) is 15.8. The largest absolute Gasteiger partial charge is 0.454 e. The van der Waals surface area contributed by atoms with Crippen LogP contribution in [0, 0.1) is 6.92 Å². The smallest absolute Gasteiger partial charge is 0.231 e. The lowest BCUT2D eigenvalue weighted by molar-refractivity contribution is -0.119. The summed E-state index contributed by atoms with van der Waals surface area (Å²) >= 11 is 1.29. The zero-order valence-corrected chi connectivity index (χ0v) is 17.5. The molecule has 1 N–H and O–H groups in total. The molecule has 2 aliphatic rings. The van der Waals surface area contributed by atoms with Crippen LogP contribution in [-0.2, 0) is 4.79 Å². The standard InChI is InChI=1S/C21H23N3O4S/c1-11(15-6-7-16-17(8-15)28-10-27-16)22-18(26)9-29-21-19(13(3)25)12(2)23-20(24-21)14-4-5-14/h6-8,11,14H,4-5,9-10H2,1-3H3,(H,22,26). The first kappa shape index (κ1) is 19.7. The van der Waals surface area contributed by atoms with Crippen LogP contribution in [0.4, 0.5) is 0 Å². The molecule has 0 saturated heterocycles. The van der Waals surface area contributed by atoms with E-state index in [2.05, 4.69) is 15.3 Å². The Morgan fingerprint density at radius 2 is 2.00 bits per heavy atom. The van der Waals surface area contributed by atoms with Crippen LogP contribution in [0.2, 0.25) is 0 Å². The van der Waals surface area contributed by atoms with E-state index in [0.717, 1.165) is 24.2 Å². The second-order valence-corrected chi connectivity index (χ2v) is 8.33. The van der Waals surface area contributed by atoms with Gasteiger partial charge in [-0.15, -0.1) is 0 Å². The number of hydrogen-bond acceptors (Lipinski definition) is 7. The van der Waals surface area contributed by atoms with E-state index in [1.807, 2.05) is 32.0 Å². The Kier molecular flexibility index (Phi) is 5.45. The first-order valence-electron chi connectivity index (χ1n) is 9.63. The van der Waals surface area contributed by atoms with Crippen molar-refractivity contribution in [3.8, 4) is 11.5 Å². The fourth-order valence-corrected chi connectivity index (χ4v) is 4.23. The fraction of sp³-hybridized carbons (Fsp3) is 0.429. The van der Waals surface area contributed by atoms with Gasteiger partial charge < -0.3 is 14.8 Å². The molecule has 1 fully saturated rings. The molecule has 1 aromatic carbocycles. The third-order valence-corrected chi connectivity index (χ3v) is 5.96. The van der Waals surface area contributed by atoms with Gasteiger partial charge in [0.05, 0.1) is 23.1 Å². The molecule has 2 heterocycles. The van der Waals surface area contributed by atoms with Crippen molar-refractivity contribution in [3.05, 3.63) is 40.8 Å². The number of rotatable bonds is 7. The molecule has 4 rings (SSSR count). The minimum Gasteiger partial charge on any atom is -0.454 e. The summed E-state index contributed by atoms with van der Waals surface area (Å²) in [5, 5.41) is 3.58. The lowest BCUT2D eigenvalue weighted by Gasteiger charge is -2.15. The number of nitrogens with zero attached hydrogens (tertiary/aromatic N) is 2. The summed E-state index contributed by atoms with van der Waals surface area (Å²) in [6, 6.07) is 5.45. The molecule has 152 valence electrons. The summed E-state index contributed by atoms with van der Waals surface area (Å²) in [6.45, 7) is 5.47. The van der Waals surface area contributed by atoms with Crippen molar-refractivity contribution < 1.29 is 19.1 Å². The molecular formula is C21H23N3O4S. The Labute approximate surface area is 173 Å². The van der Waals surface area contributed by atoms with Crippen molar-refractivity contribution in [2.24, 2.45) is 0 Å². The number of aryl methyl sites for hydroxylation is 1. The highest BCUT2D eigenvalue weighted by atomic mass is 32.2. The van der Waals surface area contributed by atoms with E-state index in [0.29, 0.717) is 33.7 Å². The number of aromatic nitrogens is 2. The number of carbonyl (C=O) groups is 2. The van der Waals surface area contributed by atoms with Crippen molar-refractivity contribution >= 4 is 23.5 Å². The van der Waals surface area contributed by atoms with E-state index >= 15 is 0 Å². The Morgan fingerprint density at radius 3 is 2.72 bits per heavy atom. The van der Waals surface area contributed by atoms with E-state index in [4.69, 9.17) is 9.47 Å². The number of nitrogens with one attached hydrogen (secondary N) is 1. The Balaban J connectivity index is 1.42. The molecule has 1 aromatic heterocycles. The van der Waals surface area contributed by atoms with Crippen LogP contribution in [0.3, 0.4) is 0 Å². The van der Waals surface area contributed by atoms with E-state index in [9.17, 15) is 9.59 Å². The molecule has 8 heteroatoms. The number of hydrogen-bond donors (Lipinski definition) is 1. The van der Waals surface area contributed by atoms with Crippen LogP contribution in [0.5, 0.6) is 11.5 Å². The SMILES string of the molecule is CC(=O)c1c(C)nc(C2CC2)nc1SCC(=O)NC(C)c1ccc2c(c1)OCO2. The third-order valence-electron chi connectivity index (χ3n) is 4.98. The monoisotopic (exact) mass is 413 g/mol. The van der Waals surface area contributed by atoms with Gasteiger partial charge in [0, 0.05) is 5.92 Å². The molecule has 0 radical (unpaired) electrons. The highest BCUT2D eigenvalue weighted by Crippen LogP contribution is 2.39. The number of ketones is 1. The summed E-state index contributed by atoms with van der Waals surface area (Å²) in [5.74, 6) is 2.53. The zero-order chi connectivity index (χ0) is 20.5. The number of amides is 1. The van der Waals surface area contributed by atoms with E-state index in [1.54, 1.807) is 0 Å². The number of thioether (sulfide) groups is 1. The summed E-state index contributed by atoms with van der Waals surface area (Å²) in [4.78, 5) is 33.7.